The average Bonchev–Trinajstić information content (AvgIpc) is 2.47. The number of benzene rings is 1. The Bertz CT molecular complexity index is 517. The van der Waals surface area contributed by atoms with Gasteiger partial charge < -0.3 is 9.47 Å². The molecule has 1 aromatic carbocycles. The van der Waals surface area contributed by atoms with Crippen LogP contribution in [0.3, 0.4) is 0 Å². The fourth-order valence-electron chi connectivity index (χ4n) is 2.25. The van der Waals surface area contributed by atoms with Crippen LogP contribution in [-0.4, -0.2) is 38.8 Å². The lowest BCUT2D eigenvalue weighted by molar-refractivity contribution is 0.338. The summed E-state index contributed by atoms with van der Waals surface area (Å²) in [5.41, 5.74) is 2.46. The first-order valence-corrected chi connectivity index (χ1v) is 6.29. The minimum Gasteiger partial charge on any atom is -0.493 e. The summed E-state index contributed by atoms with van der Waals surface area (Å²) in [4.78, 5) is 2.13. The van der Waals surface area contributed by atoms with E-state index in [0.29, 0.717) is 6.54 Å². The van der Waals surface area contributed by atoms with Crippen molar-refractivity contribution in [3.63, 3.8) is 0 Å². The molecule has 0 unspecified atom stereocenters. The van der Waals surface area contributed by atoms with Crippen LogP contribution < -0.4 is 9.47 Å². The van der Waals surface area contributed by atoms with E-state index >= 15 is 0 Å². The SMILES string of the molecule is COc1ccc(C2=CCN(CC#N)CC2)cc1OC. The normalized spacial score (nSPS) is 15.5. The lowest BCUT2D eigenvalue weighted by atomic mass is 9.99. The van der Waals surface area contributed by atoms with Gasteiger partial charge in [0.05, 0.1) is 26.8 Å². The second kappa shape index (κ2) is 6.26. The Labute approximate surface area is 113 Å². The Hall–Kier alpha value is -1.99. The number of methoxy groups -OCH3 is 2. The minimum atomic E-state index is 0.496. The summed E-state index contributed by atoms with van der Waals surface area (Å²) in [5.74, 6) is 1.49. The van der Waals surface area contributed by atoms with Crippen LogP contribution in [0.25, 0.3) is 5.57 Å². The molecule has 19 heavy (non-hydrogen) atoms. The molecule has 0 aliphatic carbocycles. The van der Waals surface area contributed by atoms with Crippen LogP contribution in [-0.2, 0) is 0 Å². The van der Waals surface area contributed by atoms with Crippen molar-refractivity contribution in [3.8, 4) is 17.6 Å². The monoisotopic (exact) mass is 258 g/mol. The molecule has 0 saturated carbocycles. The molecule has 100 valence electrons. The largest absolute Gasteiger partial charge is 0.493 e. The van der Waals surface area contributed by atoms with Crippen molar-refractivity contribution >= 4 is 5.57 Å². The zero-order valence-corrected chi connectivity index (χ0v) is 11.3. The van der Waals surface area contributed by atoms with Crippen molar-refractivity contribution in [1.29, 1.82) is 5.26 Å². The maximum atomic E-state index is 8.68. The van der Waals surface area contributed by atoms with Gasteiger partial charge in [-0.15, -0.1) is 0 Å². The summed E-state index contributed by atoms with van der Waals surface area (Å²) in [7, 11) is 3.28. The van der Waals surface area contributed by atoms with Crippen LogP contribution >= 0.6 is 0 Å². The lowest BCUT2D eigenvalue weighted by Gasteiger charge is -2.24. The van der Waals surface area contributed by atoms with E-state index in [-0.39, 0.29) is 0 Å². The number of rotatable bonds is 4. The molecule has 4 heteroatoms. The number of nitriles is 1. The molecule has 0 aromatic heterocycles. The third kappa shape index (κ3) is 3.07. The second-order valence-corrected chi connectivity index (χ2v) is 4.44. The predicted octanol–water partition coefficient (Wildman–Crippen LogP) is 2.32. The van der Waals surface area contributed by atoms with E-state index in [1.165, 1.54) is 5.57 Å². The number of hydrogen-bond donors (Lipinski definition) is 0. The zero-order chi connectivity index (χ0) is 13.7. The molecule has 0 bridgehead atoms. The van der Waals surface area contributed by atoms with Crippen molar-refractivity contribution in [2.75, 3.05) is 33.9 Å². The summed E-state index contributed by atoms with van der Waals surface area (Å²) in [6, 6.07) is 8.17. The van der Waals surface area contributed by atoms with Crippen LogP contribution in [0, 0.1) is 11.3 Å². The molecular formula is C15H18N2O2. The minimum absolute atomic E-state index is 0.496. The van der Waals surface area contributed by atoms with Crippen molar-refractivity contribution in [1.82, 2.24) is 4.90 Å². The van der Waals surface area contributed by atoms with Gasteiger partial charge in [0, 0.05) is 13.1 Å². The summed E-state index contributed by atoms with van der Waals surface area (Å²) in [5, 5.41) is 8.68. The predicted molar refractivity (Wildman–Crippen MR) is 74.2 cm³/mol. The Balaban J connectivity index is 2.17. The molecular weight excluding hydrogens is 240 g/mol. The smallest absolute Gasteiger partial charge is 0.161 e. The number of ether oxygens (including phenoxy) is 2. The molecule has 4 nitrogen and oxygen atoms in total. The van der Waals surface area contributed by atoms with Gasteiger partial charge in [0.25, 0.3) is 0 Å². The Morgan fingerprint density at radius 2 is 2.05 bits per heavy atom. The van der Waals surface area contributed by atoms with Gasteiger partial charge in [-0.1, -0.05) is 12.1 Å². The highest BCUT2D eigenvalue weighted by Crippen LogP contribution is 2.32. The van der Waals surface area contributed by atoms with Gasteiger partial charge in [0.2, 0.25) is 0 Å². The van der Waals surface area contributed by atoms with Crippen molar-refractivity contribution in [3.05, 3.63) is 29.8 Å². The van der Waals surface area contributed by atoms with Crippen LogP contribution in [0.4, 0.5) is 0 Å². The maximum absolute atomic E-state index is 8.68. The topological polar surface area (TPSA) is 45.5 Å². The van der Waals surface area contributed by atoms with E-state index in [1.807, 2.05) is 18.2 Å². The Morgan fingerprint density at radius 1 is 1.26 bits per heavy atom. The molecule has 1 aliphatic rings. The first kappa shape index (κ1) is 13.4. The second-order valence-electron chi connectivity index (χ2n) is 4.44. The van der Waals surface area contributed by atoms with Crippen LogP contribution in [0.15, 0.2) is 24.3 Å². The molecule has 1 aliphatic heterocycles. The molecule has 0 fully saturated rings. The van der Waals surface area contributed by atoms with E-state index in [1.54, 1.807) is 14.2 Å². The Kier molecular flexibility index (Phi) is 4.43. The van der Waals surface area contributed by atoms with Gasteiger partial charge in [0.15, 0.2) is 11.5 Å². The molecule has 1 heterocycles. The Morgan fingerprint density at radius 3 is 2.63 bits per heavy atom. The highest BCUT2D eigenvalue weighted by molar-refractivity contribution is 5.69. The number of hydrogen-bond acceptors (Lipinski definition) is 4. The molecule has 1 aromatic rings. The van der Waals surface area contributed by atoms with Gasteiger partial charge in [0.1, 0.15) is 0 Å². The molecule has 0 atom stereocenters. The van der Waals surface area contributed by atoms with Crippen molar-refractivity contribution < 1.29 is 9.47 Å². The maximum Gasteiger partial charge on any atom is 0.161 e. The molecule has 0 radical (unpaired) electrons. The highest BCUT2D eigenvalue weighted by Gasteiger charge is 2.14. The molecule has 2 rings (SSSR count). The third-order valence-corrected chi connectivity index (χ3v) is 3.34. The van der Waals surface area contributed by atoms with Gasteiger partial charge >= 0.3 is 0 Å². The van der Waals surface area contributed by atoms with Crippen LogP contribution in [0.2, 0.25) is 0 Å². The van der Waals surface area contributed by atoms with Gasteiger partial charge in [-0.2, -0.15) is 5.26 Å². The first-order valence-electron chi connectivity index (χ1n) is 6.29. The third-order valence-electron chi connectivity index (χ3n) is 3.34. The van der Waals surface area contributed by atoms with Gasteiger partial charge in [-0.25, -0.2) is 0 Å². The molecule has 0 spiro atoms. The van der Waals surface area contributed by atoms with E-state index < -0.39 is 0 Å². The van der Waals surface area contributed by atoms with E-state index in [9.17, 15) is 0 Å². The van der Waals surface area contributed by atoms with E-state index in [0.717, 1.165) is 36.6 Å². The van der Waals surface area contributed by atoms with Crippen LogP contribution in [0.1, 0.15) is 12.0 Å². The van der Waals surface area contributed by atoms with Crippen molar-refractivity contribution in [2.24, 2.45) is 0 Å². The zero-order valence-electron chi connectivity index (χ0n) is 11.3. The molecule has 0 amide bonds. The quantitative estimate of drug-likeness (QED) is 0.777. The fourth-order valence-corrected chi connectivity index (χ4v) is 2.25. The number of nitrogens with zero attached hydrogens (tertiary/aromatic N) is 2. The van der Waals surface area contributed by atoms with E-state index in [2.05, 4.69) is 17.0 Å². The van der Waals surface area contributed by atoms with Gasteiger partial charge in [-0.05, 0) is 29.7 Å². The standard InChI is InChI=1S/C15H18N2O2/c1-18-14-4-3-13(11-15(14)19-2)12-5-8-17(9-6-12)10-7-16/h3-5,11H,6,8-10H2,1-2H3. The van der Waals surface area contributed by atoms with Crippen molar-refractivity contribution in [2.45, 2.75) is 6.42 Å². The summed E-state index contributed by atoms with van der Waals surface area (Å²) in [6.07, 6.45) is 3.14. The first-order chi connectivity index (χ1) is 9.28. The fraction of sp³-hybridized carbons (Fsp3) is 0.400. The molecule has 0 N–H and O–H groups in total. The van der Waals surface area contributed by atoms with Crippen LogP contribution in [0.5, 0.6) is 11.5 Å². The summed E-state index contributed by atoms with van der Waals surface area (Å²) < 4.78 is 10.6. The average molecular weight is 258 g/mol. The summed E-state index contributed by atoms with van der Waals surface area (Å²) >= 11 is 0. The van der Waals surface area contributed by atoms with E-state index in [4.69, 9.17) is 14.7 Å². The highest BCUT2D eigenvalue weighted by atomic mass is 16.5. The lowest BCUT2D eigenvalue weighted by Crippen LogP contribution is -2.28. The summed E-state index contributed by atoms with van der Waals surface area (Å²) in [6.45, 7) is 2.25. The molecule has 0 saturated heterocycles. The van der Waals surface area contributed by atoms with Gasteiger partial charge in [-0.3, -0.25) is 4.90 Å².